The van der Waals surface area contributed by atoms with Crippen LogP contribution in [0.3, 0.4) is 0 Å². The lowest BCUT2D eigenvalue weighted by Crippen LogP contribution is -2.47. The molecule has 0 aromatic heterocycles. The molecule has 0 aliphatic carbocycles. The van der Waals surface area contributed by atoms with E-state index in [2.05, 4.69) is 4.90 Å². The molecule has 2 atom stereocenters. The zero-order chi connectivity index (χ0) is 15.0. The number of esters is 1. The van der Waals surface area contributed by atoms with Crippen molar-refractivity contribution in [1.29, 1.82) is 0 Å². The molecular formula is C14H27NO5. The van der Waals surface area contributed by atoms with Gasteiger partial charge in [0.1, 0.15) is 0 Å². The molecule has 20 heavy (non-hydrogen) atoms. The van der Waals surface area contributed by atoms with Gasteiger partial charge in [-0.3, -0.25) is 4.79 Å². The van der Waals surface area contributed by atoms with Gasteiger partial charge in [-0.25, -0.2) is 0 Å². The first-order chi connectivity index (χ1) is 9.65. The van der Waals surface area contributed by atoms with Crippen molar-refractivity contribution in [3.63, 3.8) is 0 Å². The van der Waals surface area contributed by atoms with Crippen LogP contribution >= 0.6 is 0 Å². The summed E-state index contributed by atoms with van der Waals surface area (Å²) in [6.45, 7) is 2.56. The highest BCUT2D eigenvalue weighted by Crippen LogP contribution is 2.21. The van der Waals surface area contributed by atoms with Crippen molar-refractivity contribution in [2.24, 2.45) is 5.92 Å². The van der Waals surface area contributed by atoms with Crippen LogP contribution in [0.2, 0.25) is 0 Å². The zero-order valence-electron chi connectivity index (χ0n) is 13.0. The van der Waals surface area contributed by atoms with E-state index in [4.69, 9.17) is 18.9 Å². The van der Waals surface area contributed by atoms with Crippen LogP contribution in [0.5, 0.6) is 0 Å². The normalized spacial score (nSPS) is 24.1. The maximum Gasteiger partial charge on any atom is 0.312 e. The van der Waals surface area contributed by atoms with Gasteiger partial charge in [-0.05, 0) is 25.8 Å². The van der Waals surface area contributed by atoms with Crippen LogP contribution in [0.15, 0.2) is 0 Å². The Morgan fingerprint density at radius 1 is 1.25 bits per heavy atom. The first-order valence-electron chi connectivity index (χ1n) is 7.04. The van der Waals surface area contributed by atoms with E-state index in [0.29, 0.717) is 6.54 Å². The van der Waals surface area contributed by atoms with Gasteiger partial charge in [-0.15, -0.1) is 0 Å². The van der Waals surface area contributed by atoms with Gasteiger partial charge >= 0.3 is 5.97 Å². The first-order valence-corrected chi connectivity index (χ1v) is 7.04. The maximum absolute atomic E-state index is 11.8. The van der Waals surface area contributed by atoms with E-state index < -0.39 is 0 Å². The summed E-state index contributed by atoms with van der Waals surface area (Å²) in [5.41, 5.74) is 0. The van der Waals surface area contributed by atoms with E-state index in [1.165, 1.54) is 7.11 Å². The largest absolute Gasteiger partial charge is 0.469 e. The van der Waals surface area contributed by atoms with Gasteiger partial charge in [0.15, 0.2) is 6.29 Å². The Morgan fingerprint density at radius 3 is 2.50 bits per heavy atom. The second kappa shape index (κ2) is 9.28. The molecule has 0 amide bonds. The molecule has 0 spiro atoms. The number of piperidine rings is 1. The van der Waals surface area contributed by atoms with E-state index >= 15 is 0 Å². The molecule has 1 saturated heterocycles. The molecule has 0 aromatic rings. The number of methoxy groups -OCH3 is 4. The summed E-state index contributed by atoms with van der Waals surface area (Å²) < 4.78 is 20.6. The van der Waals surface area contributed by atoms with Crippen molar-refractivity contribution >= 4 is 5.97 Å². The van der Waals surface area contributed by atoms with E-state index in [1.54, 1.807) is 21.3 Å². The van der Waals surface area contributed by atoms with Crippen molar-refractivity contribution in [3.05, 3.63) is 0 Å². The minimum Gasteiger partial charge on any atom is -0.469 e. The topological polar surface area (TPSA) is 57.2 Å². The Labute approximate surface area is 121 Å². The average Bonchev–Trinajstić information content (AvgIpc) is 2.50. The summed E-state index contributed by atoms with van der Waals surface area (Å²) in [4.78, 5) is 14.1. The Hall–Kier alpha value is -0.690. The second-order valence-corrected chi connectivity index (χ2v) is 5.04. The fourth-order valence-corrected chi connectivity index (χ4v) is 2.67. The standard InChI is InChI=1S/C14H27NO5/c1-17-12-7-9-15(10-11(12)14(16)20-4)8-5-6-13(18-2)19-3/h11-13H,5-10H2,1-4H3. The molecule has 6 nitrogen and oxygen atoms in total. The van der Waals surface area contributed by atoms with Gasteiger partial charge < -0.3 is 23.8 Å². The Morgan fingerprint density at radius 2 is 1.95 bits per heavy atom. The van der Waals surface area contributed by atoms with Crippen molar-refractivity contribution in [1.82, 2.24) is 4.90 Å². The van der Waals surface area contributed by atoms with Crippen molar-refractivity contribution < 1.29 is 23.7 Å². The molecule has 118 valence electrons. The predicted octanol–water partition coefficient (Wildman–Crippen LogP) is 0.895. The average molecular weight is 289 g/mol. The molecule has 1 heterocycles. The van der Waals surface area contributed by atoms with E-state index in [0.717, 1.165) is 32.4 Å². The summed E-state index contributed by atoms with van der Waals surface area (Å²) in [5, 5.41) is 0. The van der Waals surface area contributed by atoms with Crippen LogP contribution in [0.25, 0.3) is 0 Å². The lowest BCUT2D eigenvalue weighted by molar-refractivity contribution is -0.154. The predicted molar refractivity (Wildman–Crippen MR) is 74.4 cm³/mol. The van der Waals surface area contributed by atoms with Crippen LogP contribution in [-0.4, -0.2) is 71.3 Å². The van der Waals surface area contributed by atoms with Crippen molar-refractivity contribution in [3.8, 4) is 0 Å². The molecule has 0 radical (unpaired) electrons. The van der Waals surface area contributed by atoms with Gasteiger partial charge in [0.25, 0.3) is 0 Å². The number of hydrogen-bond donors (Lipinski definition) is 0. The number of carbonyl (C=O) groups excluding carboxylic acids is 1. The van der Waals surface area contributed by atoms with E-state index in [9.17, 15) is 4.79 Å². The number of rotatable bonds is 8. The van der Waals surface area contributed by atoms with Crippen LogP contribution in [0.4, 0.5) is 0 Å². The zero-order valence-corrected chi connectivity index (χ0v) is 13.0. The Balaban J connectivity index is 2.39. The third kappa shape index (κ3) is 5.01. The smallest absolute Gasteiger partial charge is 0.312 e. The van der Waals surface area contributed by atoms with Crippen LogP contribution in [-0.2, 0) is 23.7 Å². The van der Waals surface area contributed by atoms with Gasteiger partial charge in [0.05, 0.1) is 19.1 Å². The minimum absolute atomic E-state index is 0.0376. The van der Waals surface area contributed by atoms with Gasteiger partial charge in [-0.2, -0.15) is 0 Å². The fraction of sp³-hybridized carbons (Fsp3) is 0.929. The monoisotopic (exact) mass is 289 g/mol. The summed E-state index contributed by atoms with van der Waals surface area (Å²) in [6.07, 6.45) is 2.49. The van der Waals surface area contributed by atoms with Gasteiger partial charge in [-0.1, -0.05) is 0 Å². The molecule has 0 aromatic carbocycles. The number of ether oxygens (including phenoxy) is 4. The third-order valence-corrected chi connectivity index (χ3v) is 3.88. The molecule has 1 aliphatic heterocycles. The molecule has 1 aliphatic rings. The Bertz CT molecular complexity index is 283. The molecule has 6 heteroatoms. The lowest BCUT2D eigenvalue weighted by atomic mass is 9.94. The molecule has 0 N–H and O–H groups in total. The van der Waals surface area contributed by atoms with Gasteiger partial charge in [0.2, 0.25) is 0 Å². The quantitative estimate of drug-likeness (QED) is 0.489. The molecule has 0 bridgehead atoms. The fourth-order valence-electron chi connectivity index (χ4n) is 2.67. The number of hydrogen-bond acceptors (Lipinski definition) is 6. The number of nitrogens with zero attached hydrogens (tertiary/aromatic N) is 1. The van der Waals surface area contributed by atoms with E-state index in [1.807, 2.05) is 0 Å². The minimum atomic E-state index is -0.195. The molecule has 1 fully saturated rings. The third-order valence-electron chi connectivity index (χ3n) is 3.88. The second-order valence-electron chi connectivity index (χ2n) is 5.04. The highest BCUT2D eigenvalue weighted by Gasteiger charge is 2.35. The summed E-state index contributed by atoms with van der Waals surface area (Å²) in [7, 11) is 6.37. The highest BCUT2D eigenvalue weighted by molar-refractivity contribution is 5.73. The van der Waals surface area contributed by atoms with Crippen LogP contribution in [0.1, 0.15) is 19.3 Å². The molecular weight excluding hydrogens is 262 g/mol. The van der Waals surface area contributed by atoms with Crippen molar-refractivity contribution in [2.45, 2.75) is 31.7 Å². The first kappa shape index (κ1) is 17.4. The summed E-state index contributed by atoms with van der Waals surface area (Å²) in [6, 6.07) is 0. The lowest BCUT2D eigenvalue weighted by Gasteiger charge is -2.36. The number of likely N-dealkylation sites (tertiary alicyclic amines) is 1. The maximum atomic E-state index is 11.8. The van der Waals surface area contributed by atoms with Crippen LogP contribution in [0, 0.1) is 5.92 Å². The molecule has 2 unspecified atom stereocenters. The Kier molecular flexibility index (Phi) is 8.06. The van der Waals surface area contributed by atoms with Crippen LogP contribution < -0.4 is 0 Å². The van der Waals surface area contributed by atoms with Gasteiger partial charge in [0, 0.05) is 34.4 Å². The van der Waals surface area contributed by atoms with E-state index in [-0.39, 0.29) is 24.3 Å². The highest BCUT2D eigenvalue weighted by atomic mass is 16.7. The summed E-state index contributed by atoms with van der Waals surface area (Å²) >= 11 is 0. The molecule has 1 rings (SSSR count). The van der Waals surface area contributed by atoms with Crippen molar-refractivity contribution in [2.75, 3.05) is 48.1 Å². The summed E-state index contributed by atoms with van der Waals surface area (Å²) in [5.74, 6) is -0.382. The molecule has 0 saturated carbocycles. The number of carbonyl (C=O) groups is 1. The SMILES string of the molecule is COC(=O)C1CN(CCCC(OC)OC)CCC1OC.